The van der Waals surface area contributed by atoms with Crippen LogP contribution in [0.1, 0.15) is 19.8 Å². The smallest absolute Gasteiger partial charge is 0.377 e. The van der Waals surface area contributed by atoms with Gasteiger partial charge in [-0.3, -0.25) is 0 Å². The van der Waals surface area contributed by atoms with Crippen molar-refractivity contribution in [2.75, 3.05) is 33.3 Å². The number of ether oxygens (including phenoxy) is 1. The molecule has 0 aromatic carbocycles. The molecule has 0 saturated heterocycles. The molecule has 0 saturated carbocycles. The Morgan fingerprint density at radius 1 is 1.31 bits per heavy atom. The lowest BCUT2D eigenvalue weighted by molar-refractivity contribution is -0.137. The predicted octanol–water partition coefficient (Wildman–Crippen LogP) is 1.62. The van der Waals surface area contributed by atoms with Gasteiger partial charge in [0.1, 0.15) is 0 Å². The fraction of sp³-hybridized carbons (Fsp3) is 1.00. The van der Waals surface area contributed by atoms with Crippen molar-refractivity contribution in [3.05, 3.63) is 0 Å². The maximum Gasteiger partial charge on any atom is 0.390 e. The van der Waals surface area contributed by atoms with Gasteiger partial charge in [0.15, 0.2) is 0 Å². The molecule has 0 aliphatic carbocycles. The van der Waals surface area contributed by atoms with Gasteiger partial charge in [0, 0.05) is 26.2 Å². The van der Waals surface area contributed by atoms with Crippen LogP contribution in [0, 0.1) is 0 Å². The van der Waals surface area contributed by atoms with E-state index in [1.165, 1.54) is 0 Å². The van der Waals surface area contributed by atoms with Crippen molar-refractivity contribution in [1.82, 2.24) is 4.90 Å². The normalized spacial score (nSPS) is 14.4. The van der Waals surface area contributed by atoms with Gasteiger partial charge in [-0.05, 0) is 20.4 Å². The minimum Gasteiger partial charge on any atom is -0.377 e. The first-order valence-corrected chi connectivity index (χ1v) is 5.46. The van der Waals surface area contributed by atoms with Gasteiger partial charge < -0.3 is 15.4 Å². The van der Waals surface area contributed by atoms with Crippen molar-refractivity contribution < 1.29 is 17.9 Å². The van der Waals surface area contributed by atoms with E-state index in [1.54, 1.807) is 11.9 Å². The van der Waals surface area contributed by atoms with Gasteiger partial charge in [-0.2, -0.15) is 13.2 Å². The van der Waals surface area contributed by atoms with E-state index >= 15 is 0 Å². The zero-order valence-corrected chi connectivity index (χ0v) is 9.89. The fourth-order valence-corrected chi connectivity index (χ4v) is 1.30. The first-order chi connectivity index (χ1) is 7.39. The molecule has 6 heteroatoms. The molecule has 1 atom stereocenters. The molecule has 0 heterocycles. The molecule has 0 aliphatic heterocycles. The molecule has 3 nitrogen and oxygen atoms in total. The van der Waals surface area contributed by atoms with E-state index < -0.39 is 12.6 Å². The molecule has 1 unspecified atom stereocenters. The van der Waals surface area contributed by atoms with Crippen LogP contribution in [0.15, 0.2) is 0 Å². The number of hydrogen-bond acceptors (Lipinski definition) is 3. The van der Waals surface area contributed by atoms with Gasteiger partial charge >= 0.3 is 6.18 Å². The Labute approximate surface area is 94.7 Å². The quantitative estimate of drug-likeness (QED) is 0.703. The number of halogens is 3. The summed E-state index contributed by atoms with van der Waals surface area (Å²) in [5.74, 6) is 0. The van der Waals surface area contributed by atoms with Crippen molar-refractivity contribution in [2.24, 2.45) is 5.73 Å². The van der Waals surface area contributed by atoms with Crippen LogP contribution in [-0.4, -0.2) is 50.5 Å². The summed E-state index contributed by atoms with van der Waals surface area (Å²) in [7, 11) is 1.67. The fourth-order valence-electron chi connectivity index (χ4n) is 1.30. The third kappa shape index (κ3) is 8.94. The predicted molar refractivity (Wildman–Crippen MR) is 57.3 cm³/mol. The van der Waals surface area contributed by atoms with Crippen LogP contribution in [0.3, 0.4) is 0 Å². The Morgan fingerprint density at radius 3 is 2.38 bits per heavy atom. The Hall–Kier alpha value is -0.330. The summed E-state index contributed by atoms with van der Waals surface area (Å²) < 4.78 is 41.1. The molecule has 0 amide bonds. The van der Waals surface area contributed by atoms with Gasteiger partial charge in [-0.25, -0.2) is 0 Å². The van der Waals surface area contributed by atoms with Crippen molar-refractivity contribution in [1.29, 1.82) is 0 Å². The second kappa shape index (κ2) is 7.86. The number of rotatable bonds is 8. The Morgan fingerprint density at radius 2 is 1.94 bits per heavy atom. The Bertz CT molecular complexity index is 176. The van der Waals surface area contributed by atoms with E-state index in [0.717, 1.165) is 0 Å². The van der Waals surface area contributed by atoms with Crippen molar-refractivity contribution in [2.45, 2.75) is 32.0 Å². The number of nitrogens with two attached hydrogens (primary N) is 1. The average molecular weight is 242 g/mol. The van der Waals surface area contributed by atoms with E-state index in [0.29, 0.717) is 26.1 Å². The van der Waals surface area contributed by atoms with E-state index in [4.69, 9.17) is 10.5 Å². The molecule has 98 valence electrons. The molecule has 0 aliphatic rings. The lowest BCUT2D eigenvalue weighted by atomic mass is 10.2. The zero-order chi connectivity index (χ0) is 12.6. The summed E-state index contributed by atoms with van der Waals surface area (Å²) in [4.78, 5) is 1.65. The first kappa shape index (κ1) is 15.7. The van der Waals surface area contributed by atoms with Crippen molar-refractivity contribution >= 4 is 0 Å². The van der Waals surface area contributed by atoms with Gasteiger partial charge in [0.05, 0.1) is 12.5 Å². The van der Waals surface area contributed by atoms with E-state index in [9.17, 15) is 13.2 Å². The van der Waals surface area contributed by atoms with Gasteiger partial charge in [-0.1, -0.05) is 0 Å². The van der Waals surface area contributed by atoms with Gasteiger partial charge in [-0.15, -0.1) is 0 Å². The van der Waals surface area contributed by atoms with Gasteiger partial charge in [0.2, 0.25) is 0 Å². The molecule has 2 N–H and O–H groups in total. The zero-order valence-electron chi connectivity index (χ0n) is 9.89. The highest BCUT2D eigenvalue weighted by atomic mass is 19.4. The Kier molecular flexibility index (Phi) is 7.70. The maximum atomic E-state index is 11.9. The monoisotopic (exact) mass is 242 g/mol. The number of nitrogens with zero attached hydrogens (tertiary/aromatic N) is 1. The van der Waals surface area contributed by atoms with Crippen LogP contribution >= 0.6 is 0 Å². The van der Waals surface area contributed by atoms with Crippen LogP contribution in [0.2, 0.25) is 0 Å². The third-order valence-corrected chi connectivity index (χ3v) is 2.28. The van der Waals surface area contributed by atoms with Crippen molar-refractivity contribution in [3.8, 4) is 0 Å². The van der Waals surface area contributed by atoms with Gasteiger partial charge in [0.25, 0.3) is 0 Å². The first-order valence-electron chi connectivity index (χ1n) is 5.46. The highest BCUT2D eigenvalue weighted by Crippen LogP contribution is 2.19. The molecule has 0 fully saturated rings. The molecule has 0 radical (unpaired) electrons. The van der Waals surface area contributed by atoms with Crippen LogP contribution < -0.4 is 5.73 Å². The number of alkyl halides is 3. The van der Waals surface area contributed by atoms with Crippen LogP contribution in [0.25, 0.3) is 0 Å². The second-order valence-corrected chi connectivity index (χ2v) is 3.77. The maximum absolute atomic E-state index is 11.9. The van der Waals surface area contributed by atoms with E-state index in [1.807, 2.05) is 6.92 Å². The minimum atomic E-state index is -4.08. The summed E-state index contributed by atoms with van der Waals surface area (Å²) in [6.07, 6.45) is -4.25. The summed E-state index contributed by atoms with van der Waals surface area (Å²) >= 11 is 0. The van der Waals surface area contributed by atoms with Crippen LogP contribution in [0.5, 0.6) is 0 Å². The topological polar surface area (TPSA) is 38.5 Å². The second-order valence-electron chi connectivity index (χ2n) is 3.77. The molecule has 0 aromatic heterocycles. The molecular weight excluding hydrogens is 221 g/mol. The lowest BCUT2D eigenvalue weighted by Gasteiger charge is -2.21. The van der Waals surface area contributed by atoms with E-state index in [2.05, 4.69) is 0 Å². The average Bonchev–Trinajstić information content (AvgIpc) is 2.20. The number of hydrogen-bond donors (Lipinski definition) is 1. The van der Waals surface area contributed by atoms with Crippen molar-refractivity contribution in [3.63, 3.8) is 0 Å². The van der Waals surface area contributed by atoms with Crippen LogP contribution in [0.4, 0.5) is 13.2 Å². The summed E-state index contributed by atoms with van der Waals surface area (Å²) in [5, 5.41) is 0. The summed E-state index contributed by atoms with van der Waals surface area (Å²) in [6, 6.07) is 0. The molecular formula is C10H21F3N2O. The SMILES string of the molecule is CCOC(CN)CCN(C)CCC(F)(F)F. The molecule has 0 spiro atoms. The van der Waals surface area contributed by atoms with Crippen LogP contribution in [-0.2, 0) is 4.74 Å². The molecule has 0 rings (SSSR count). The molecule has 0 aromatic rings. The summed E-state index contributed by atoms with van der Waals surface area (Å²) in [5.41, 5.74) is 5.46. The summed E-state index contributed by atoms with van der Waals surface area (Å²) in [6.45, 7) is 3.44. The van der Waals surface area contributed by atoms with E-state index in [-0.39, 0.29) is 12.6 Å². The standard InChI is InChI=1S/C10H21F3N2O/c1-3-16-9(8-14)4-6-15(2)7-5-10(11,12)13/h9H,3-8,14H2,1-2H3. The molecule has 0 bridgehead atoms. The third-order valence-electron chi connectivity index (χ3n) is 2.28. The highest BCUT2D eigenvalue weighted by Gasteiger charge is 2.27. The lowest BCUT2D eigenvalue weighted by Crippen LogP contribution is -2.31. The minimum absolute atomic E-state index is 0.0208. The Balaban J connectivity index is 3.66. The molecule has 16 heavy (non-hydrogen) atoms. The highest BCUT2D eigenvalue weighted by molar-refractivity contribution is 4.63. The largest absolute Gasteiger partial charge is 0.390 e.